The maximum absolute atomic E-state index is 10.2. The maximum atomic E-state index is 10.2. The van der Waals surface area contributed by atoms with Crippen LogP contribution in [0.3, 0.4) is 0 Å². The van der Waals surface area contributed by atoms with Crippen molar-refractivity contribution in [3.63, 3.8) is 0 Å². The largest absolute Gasteiger partial charge is 0.269 e. The number of benzene rings is 3. The molecule has 1 spiro atoms. The number of fused-ring (bicyclic) bond motifs is 13. The fraction of sp³-hybridized carbons (Fsp3) is 0.121. The molecule has 0 N–H and O–H groups in total. The van der Waals surface area contributed by atoms with Crippen molar-refractivity contribution in [1.29, 1.82) is 5.26 Å². The van der Waals surface area contributed by atoms with Gasteiger partial charge in [0.25, 0.3) is 5.54 Å². The number of nitriles is 1. The second-order valence-electron chi connectivity index (χ2n) is 10.2. The SMILES string of the molecule is Cc1ccc2[n+](c1)C1C(c3c(C#N)cccc3-2)C12c1ccccc1-c1ccc(-c3ccccc3)c[n+]12. The topological polar surface area (TPSA) is 31.5 Å². The highest BCUT2D eigenvalue weighted by molar-refractivity contribution is 5.76. The van der Waals surface area contributed by atoms with Crippen molar-refractivity contribution < 1.29 is 9.13 Å². The summed E-state index contributed by atoms with van der Waals surface area (Å²) in [6.45, 7) is 2.16. The Bertz CT molecular complexity index is 1780. The van der Waals surface area contributed by atoms with Crippen LogP contribution in [0.25, 0.3) is 33.6 Å². The molecule has 1 aliphatic carbocycles. The minimum Gasteiger partial charge on any atom is -0.192 e. The Balaban J connectivity index is 1.48. The van der Waals surface area contributed by atoms with Gasteiger partial charge >= 0.3 is 0 Å². The molecule has 1 fully saturated rings. The fourth-order valence-electron chi connectivity index (χ4n) is 7.05. The first-order valence-corrected chi connectivity index (χ1v) is 12.5. The van der Waals surface area contributed by atoms with E-state index in [1.807, 2.05) is 12.1 Å². The zero-order chi connectivity index (χ0) is 24.0. The Hall–Kier alpha value is -4.55. The van der Waals surface area contributed by atoms with Crippen LogP contribution in [0.2, 0.25) is 0 Å². The van der Waals surface area contributed by atoms with Gasteiger partial charge in [-0.1, -0.05) is 54.6 Å². The van der Waals surface area contributed by atoms with Gasteiger partial charge in [0.2, 0.25) is 17.4 Å². The fourth-order valence-corrected chi connectivity index (χ4v) is 7.05. The summed E-state index contributed by atoms with van der Waals surface area (Å²) in [5, 5.41) is 10.2. The van der Waals surface area contributed by atoms with Crippen molar-refractivity contribution >= 4 is 0 Å². The van der Waals surface area contributed by atoms with Gasteiger partial charge in [0.1, 0.15) is 5.92 Å². The van der Waals surface area contributed by atoms with Crippen LogP contribution in [0, 0.1) is 18.3 Å². The molecule has 3 aromatic carbocycles. The molecule has 2 aromatic heterocycles. The average molecular weight is 462 g/mol. The van der Waals surface area contributed by atoms with Gasteiger partial charge in [0, 0.05) is 34.4 Å². The van der Waals surface area contributed by atoms with Gasteiger partial charge in [0.05, 0.1) is 22.8 Å². The van der Waals surface area contributed by atoms with E-state index in [0.717, 1.165) is 5.56 Å². The zero-order valence-electron chi connectivity index (χ0n) is 19.9. The van der Waals surface area contributed by atoms with Crippen LogP contribution in [0.15, 0.2) is 109 Å². The molecule has 0 radical (unpaired) electrons. The molecule has 0 bridgehead atoms. The monoisotopic (exact) mass is 461 g/mol. The Morgan fingerprint density at radius 1 is 0.722 bits per heavy atom. The standard InChI is InChI=1S/C33H23N3/c1-21-14-16-28-26-12-7-10-23(18-34)30(26)31-32(35(28)19-21)33(31)27-13-6-5-11-25(27)29-17-15-24(20-36(29)33)22-8-3-2-4-9-22/h2-17,19-20,31-32H,1H3/q+2. The van der Waals surface area contributed by atoms with E-state index in [4.69, 9.17) is 0 Å². The van der Waals surface area contributed by atoms with E-state index in [9.17, 15) is 5.26 Å². The van der Waals surface area contributed by atoms with Gasteiger partial charge in [-0.25, -0.2) is 0 Å². The number of pyridine rings is 2. The predicted octanol–water partition coefficient (Wildman–Crippen LogP) is 5.85. The lowest BCUT2D eigenvalue weighted by atomic mass is 9.90. The van der Waals surface area contributed by atoms with Crippen molar-refractivity contribution in [3.8, 4) is 39.7 Å². The van der Waals surface area contributed by atoms with E-state index in [-0.39, 0.29) is 17.5 Å². The molecule has 4 heterocycles. The summed E-state index contributed by atoms with van der Waals surface area (Å²) in [7, 11) is 0. The second kappa shape index (κ2) is 6.77. The number of hydrogen-bond donors (Lipinski definition) is 0. The molecule has 0 saturated heterocycles. The summed E-state index contributed by atoms with van der Waals surface area (Å²) in [4.78, 5) is 0. The predicted molar refractivity (Wildman–Crippen MR) is 138 cm³/mol. The summed E-state index contributed by atoms with van der Waals surface area (Å²) in [5.74, 6) is 0.182. The highest BCUT2D eigenvalue weighted by atomic mass is 15.3. The normalized spacial score (nSPS) is 21.6. The van der Waals surface area contributed by atoms with Crippen LogP contribution in [0.5, 0.6) is 0 Å². The van der Waals surface area contributed by atoms with Crippen molar-refractivity contribution in [2.75, 3.05) is 0 Å². The third-order valence-electron chi connectivity index (χ3n) is 8.46. The number of nitrogens with zero attached hydrogens (tertiary/aromatic N) is 3. The molecule has 3 atom stereocenters. The smallest absolute Gasteiger partial charge is 0.192 e. The summed E-state index contributed by atoms with van der Waals surface area (Å²) in [6.07, 6.45) is 4.64. The van der Waals surface area contributed by atoms with Crippen LogP contribution in [0.4, 0.5) is 0 Å². The van der Waals surface area contributed by atoms with Crippen LogP contribution in [0.1, 0.15) is 34.2 Å². The molecule has 3 unspecified atom stereocenters. The van der Waals surface area contributed by atoms with Gasteiger partial charge in [-0.05, 0) is 42.8 Å². The molecule has 2 aliphatic heterocycles. The summed E-state index contributed by atoms with van der Waals surface area (Å²) < 4.78 is 5.01. The van der Waals surface area contributed by atoms with Crippen molar-refractivity contribution in [2.24, 2.45) is 0 Å². The van der Waals surface area contributed by atoms with Crippen LogP contribution < -0.4 is 9.13 Å². The lowest BCUT2D eigenvalue weighted by molar-refractivity contribution is -0.771. The quantitative estimate of drug-likeness (QED) is 0.288. The average Bonchev–Trinajstić information content (AvgIpc) is 3.55. The van der Waals surface area contributed by atoms with E-state index in [2.05, 4.69) is 119 Å². The Morgan fingerprint density at radius 2 is 1.50 bits per heavy atom. The molecule has 8 rings (SSSR count). The number of rotatable bonds is 1. The lowest BCUT2D eigenvalue weighted by Gasteiger charge is -2.13. The van der Waals surface area contributed by atoms with E-state index in [0.29, 0.717) is 0 Å². The molecule has 5 aromatic rings. The van der Waals surface area contributed by atoms with Crippen LogP contribution in [-0.4, -0.2) is 0 Å². The minimum absolute atomic E-state index is 0.182. The number of aromatic nitrogens is 2. The summed E-state index contributed by atoms with van der Waals surface area (Å²) in [5.41, 5.74) is 11.6. The number of aryl methyl sites for hydroxylation is 1. The van der Waals surface area contributed by atoms with Gasteiger partial charge < -0.3 is 0 Å². The third-order valence-corrected chi connectivity index (χ3v) is 8.46. The van der Waals surface area contributed by atoms with Crippen molar-refractivity contribution in [3.05, 3.63) is 132 Å². The van der Waals surface area contributed by atoms with Gasteiger partial charge in [-0.2, -0.15) is 14.4 Å². The first kappa shape index (κ1) is 19.7. The highest BCUT2D eigenvalue weighted by Crippen LogP contribution is 2.70. The van der Waals surface area contributed by atoms with E-state index >= 15 is 0 Å². The first-order valence-electron chi connectivity index (χ1n) is 12.5. The minimum atomic E-state index is -0.276. The van der Waals surface area contributed by atoms with E-state index < -0.39 is 0 Å². The molecule has 3 heteroatoms. The number of hydrogen-bond acceptors (Lipinski definition) is 1. The molecular formula is C33H23N3+2. The molecule has 0 amide bonds. The first-order chi connectivity index (χ1) is 17.7. The van der Waals surface area contributed by atoms with Gasteiger partial charge in [-0.15, -0.1) is 0 Å². The molecule has 168 valence electrons. The Kier molecular flexibility index (Phi) is 3.71. The van der Waals surface area contributed by atoms with Crippen molar-refractivity contribution in [1.82, 2.24) is 0 Å². The second-order valence-corrected chi connectivity index (χ2v) is 10.2. The Morgan fingerprint density at radius 3 is 2.36 bits per heavy atom. The van der Waals surface area contributed by atoms with E-state index in [1.54, 1.807) is 0 Å². The highest BCUT2D eigenvalue weighted by Gasteiger charge is 2.86. The van der Waals surface area contributed by atoms with E-state index in [1.165, 1.54) is 50.3 Å². The lowest BCUT2D eigenvalue weighted by Crippen LogP contribution is -2.51. The van der Waals surface area contributed by atoms with Crippen LogP contribution in [-0.2, 0) is 5.54 Å². The maximum Gasteiger partial charge on any atom is 0.269 e. The third kappa shape index (κ3) is 2.27. The van der Waals surface area contributed by atoms with Crippen molar-refractivity contribution in [2.45, 2.75) is 24.4 Å². The summed E-state index contributed by atoms with van der Waals surface area (Å²) in [6, 6.07) is 37.3. The summed E-state index contributed by atoms with van der Waals surface area (Å²) >= 11 is 0. The molecule has 36 heavy (non-hydrogen) atoms. The van der Waals surface area contributed by atoms with Crippen LogP contribution >= 0.6 is 0 Å². The molecule has 3 aliphatic rings. The molecule has 3 nitrogen and oxygen atoms in total. The molecule has 1 saturated carbocycles. The van der Waals surface area contributed by atoms with Gasteiger partial charge in [0.15, 0.2) is 12.4 Å². The molecular weight excluding hydrogens is 438 g/mol. The Labute approximate surface area is 210 Å². The van der Waals surface area contributed by atoms with Gasteiger partial charge in [-0.3, -0.25) is 0 Å². The zero-order valence-corrected chi connectivity index (χ0v) is 19.9.